The second kappa shape index (κ2) is 27.1. The number of ether oxygens (including phenoxy) is 1. The number of carbonyl (C=O) groups excluding carboxylic acids is 2. The van der Waals surface area contributed by atoms with Gasteiger partial charge in [0.15, 0.2) is 0 Å². The topological polar surface area (TPSA) is 43.4 Å². The molecule has 0 aromatic carbocycles. The Labute approximate surface area is 213 Å². The Hall–Kier alpha value is 1.14. The van der Waals surface area contributed by atoms with Gasteiger partial charge in [0, 0.05) is 12.8 Å². The molecule has 3 nitrogen and oxygen atoms in total. The molecule has 0 rings (SSSR count). The minimum atomic E-state index is -0.338. The Morgan fingerprint density at radius 3 is 1.04 bits per heavy atom. The average Bonchev–Trinajstić information content (AvgIpc) is 2.59. The van der Waals surface area contributed by atoms with Gasteiger partial charge in [-0.3, -0.25) is 9.59 Å². The summed E-state index contributed by atoms with van der Waals surface area (Å²) in [7, 11) is 0. The van der Waals surface area contributed by atoms with Gasteiger partial charge in [0.2, 0.25) is 0 Å². The fourth-order valence-electron chi connectivity index (χ4n) is 3.04. The first-order chi connectivity index (χ1) is 12.2. The van der Waals surface area contributed by atoms with Crippen molar-refractivity contribution in [2.24, 2.45) is 0 Å². The minimum absolute atomic E-state index is 0. The van der Waals surface area contributed by atoms with Gasteiger partial charge in [-0.2, -0.15) is 0 Å². The molecule has 5 heteroatoms. The van der Waals surface area contributed by atoms with Crippen molar-refractivity contribution in [2.45, 2.75) is 129 Å². The van der Waals surface area contributed by atoms with Crippen molar-refractivity contribution >= 4 is 71.1 Å². The summed E-state index contributed by atoms with van der Waals surface area (Å²) in [4.78, 5) is 23.2. The molecule has 0 fully saturated rings. The standard InChI is InChI=1S/C22H42O3.2Na.2H/c1-3-5-7-9-11-12-14-16-18-20-22(24)25-21(23)19-17-15-13-10-8-6-4-2;;;;/h3-20H2,1-2H3;;;;. The van der Waals surface area contributed by atoms with Gasteiger partial charge in [0.25, 0.3) is 0 Å². The van der Waals surface area contributed by atoms with Crippen molar-refractivity contribution in [3.05, 3.63) is 0 Å². The van der Waals surface area contributed by atoms with E-state index in [2.05, 4.69) is 13.8 Å². The molecule has 0 aliphatic carbocycles. The summed E-state index contributed by atoms with van der Waals surface area (Å²) in [5.41, 5.74) is 0. The molecule has 0 bridgehead atoms. The maximum atomic E-state index is 11.6. The van der Waals surface area contributed by atoms with Crippen LogP contribution in [0.2, 0.25) is 0 Å². The fourth-order valence-corrected chi connectivity index (χ4v) is 3.04. The summed E-state index contributed by atoms with van der Waals surface area (Å²) in [5, 5.41) is 0. The van der Waals surface area contributed by atoms with Crippen LogP contribution >= 0.6 is 0 Å². The number of carbonyl (C=O) groups is 2. The molecule has 0 aliphatic heterocycles. The van der Waals surface area contributed by atoms with E-state index in [0.29, 0.717) is 12.8 Å². The molecule has 0 radical (unpaired) electrons. The van der Waals surface area contributed by atoms with Crippen molar-refractivity contribution < 1.29 is 14.3 Å². The van der Waals surface area contributed by atoms with Gasteiger partial charge < -0.3 is 4.74 Å². The van der Waals surface area contributed by atoms with Gasteiger partial charge in [-0.1, -0.05) is 104 Å². The molecule has 0 heterocycles. The summed E-state index contributed by atoms with van der Waals surface area (Å²) < 4.78 is 4.89. The van der Waals surface area contributed by atoms with E-state index in [1.54, 1.807) is 0 Å². The predicted molar refractivity (Wildman–Crippen MR) is 120 cm³/mol. The molecule has 0 spiro atoms. The maximum absolute atomic E-state index is 11.6. The van der Waals surface area contributed by atoms with E-state index in [0.717, 1.165) is 25.7 Å². The van der Waals surface area contributed by atoms with E-state index in [4.69, 9.17) is 4.74 Å². The molecule has 0 aliphatic rings. The molecule has 27 heavy (non-hydrogen) atoms. The van der Waals surface area contributed by atoms with E-state index >= 15 is 0 Å². The third kappa shape index (κ3) is 27.1. The van der Waals surface area contributed by atoms with Crippen molar-refractivity contribution in [1.29, 1.82) is 0 Å². The van der Waals surface area contributed by atoms with Crippen LogP contribution in [0.3, 0.4) is 0 Å². The Balaban J connectivity index is -0.00000288. The summed E-state index contributed by atoms with van der Waals surface area (Å²) in [6.07, 6.45) is 19.9. The average molecular weight is 403 g/mol. The zero-order chi connectivity index (χ0) is 18.6. The molecule has 0 aromatic rings. The van der Waals surface area contributed by atoms with Crippen molar-refractivity contribution in [2.75, 3.05) is 0 Å². The van der Waals surface area contributed by atoms with Crippen LogP contribution < -0.4 is 0 Å². The second-order valence-electron chi connectivity index (χ2n) is 7.30. The number of esters is 2. The van der Waals surface area contributed by atoms with Gasteiger partial charge in [-0.15, -0.1) is 0 Å². The third-order valence-electron chi connectivity index (χ3n) is 4.70. The predicted octanol–water partition coefficient (Wildman–Crippen LogP) is 5.82. The molecular weight excluding hydrogens is 358 g/mol. The zero-order valence-electron chi connectivity index (χ0n) is 17.0. The Bertz CT molecular complexity index is 323. The Morgan fingerprint density at radius 2 is 0.741 bits per heavy atom. The second-order valence-corrected chi connectivity index (χ2v) is 7.30. The summed E-state index contributed by atoms with van der Waals surface area (Å²) in [5.74, 6) is -0.676. The number of unbranched alkanes of at least 4 members (excludes halogenated alkanes) is 14. The van der Waals surface area contributed by atoms with Crippen LogP contribution in [0.5, 0.6) is 0 Å². The van der Waals surface area contributed by atoms with Gasteiger partial charge in [-0.25, -0.2) is 0 Å². The molecular formula is C22H44Na2O3. The molecule has 0 aromatic heterocycles. The van der Waals surface area contributed by atoms with Crippen LogP contribution in [0.4, 0.5) is 0 Å². The van der Waals surface area contributed by atoms with Crippen molar-refractivity contribution in [3.8, 4) is 0 Å². The van der Waals surface area contributed by atoms with E-state index in [9.17, 15) is 9.59 Å². The molecule has 0 atom stereocenters. The molecule has 0 saturated heterocycles. The first-order valence-corrected chi connectivity index (χ1v) is 10.9. The first-order valence-electron chi connectivity index (χ1n) is 10.9. The molecule has 0 saturated carbocycles. The molecule has 0 N–H and O–H groups in total. The number of rotatable bonds is 18. The van der Waals surface area contributed by atoms with Crippen LogP contribution in [-0.4, -0.2) is 71.1 Å². The molecule has 0 amide bonds. The van der Waals surface area contributed by atoms with Crippen LogP contribution in [0.15, 0.2) is 0 Å². The van der Waals surface area contributed by atoms with Crippen LogP contribution in [-0.2, 0) is 14.3 Å². The monoisotopic (exact) mass is 402 g/mol. The first kappa shape index (κ1) is 32.8. The van der Waals surface area contributed by atoms with E-state index in [1.165, 1.54) is 77.0 Å². The summed E-state index contributed by atoms with van der Waals surface area (Å²) in [6, 6.07) is 0. The Kier molecular flexibility index (Phi) is 33.0. The van der Waals surface area contributed by atoms with Crippen LogP contribution in [0, 0.1) is 0 Å². The number of hydrogen-bond donors (Lipinski definition) is 0. The van der Waals surface area contributed by atoms with E-state index in [-0.39, 0.29) is 71.1 Å². The van der Waals surface area contributed by atoms with E-state index in [1.807, 2.05) is 0 Å². The third-order valence-corrected chi connectivity index (χ3v) is 4.70. The van der Waals surface area contributed by atoms with Crippen LogP contribution in [0.1, 0.15) is 129 Å². The van der Waals surface area contributed by atoms with Crippen molar-refractivity contribution in [3.63, 3.8) is 0 Å². The fraction of sp³-hybridized carbons (Fsp3) is 0.909. The zero-order valence-corrected chi connectivity index (χ0v) is 17.0. The normalized spacial score (nSPS) is 10.0. The summed E-state index contributed by atoms with van der Waals surface area (Å²) >= 11 is 0. The Morgan fingerprint density at radius 1 is 0.481 bits per heavy atom. The van der Waals surface area contributed by atoms with Gasteiger partial charge in [-0.05, 0) is 12.8 Å². The quantitative estimate of drug-likeness (QED) is 0.126. The SMILES string of the molecule is CCCCCCCCCCCC(=O)OC(=O)CCCCCCCCC.[NaH].[NaH]. The van der Waals surface area contributed by atoms with Crippen molar-refractivity contribution in [1.82, 2.24) is 0 Å². The van der Waals surface area contributed by atoms with Gasteiger partial charge in [0.05, 0.1) is 0 Å². The number of hydrogen-bond acceptors (Lipinski definition) is 3. The van der Waals surface area contributed by atoms with Crippen LogP contribution in [0.25, 0.3) is 0 Å². The summed E-state index contributed by atoms with van der Waals surface area (Å²) in [6.45, 7) is 4.44. The van der Waals surface area contributed by atoms with E-state index < -0.39 is 0 Å². The van der Waals surface area contributed by atoms with Gasteiger partial charge in [0.1, 0.15) is 0 Å². The molecule has 0 unspecified atom stereocenters. The molecule has 152 valence electrons. The van der Waals surface area contributed by atoms with Gasteiger partial charge >= 0.3 is 71.1 Å².